The molecule has 0 aliphatic rings. The highest BCUT2D eigenvalue weighted by molar-refractivity contribution is 6.30. The fourth-order valence-corrected chi connectivity index (χ4v) is 1.90. The fourth-order valence-electron chi connectivity index (χ4n) is 1.77. The van der Waals surface area contributed by atoms with Crippen LogP contribution < -0.4 is 0 Å². The molecular formula is C15H10ClN3. The Bertz CT molecular complexity index is 681. The molecule has 0 N–H and O–H groups in total. The standard InChI is InChI=1S/C15H10ClN3/c16-13-8-6-11(7-9-13)14-10-17-19-15(18-14)12-4-2-1-3-5-12/h1-10H. The summed E-state index contributed by atoms with van der Waals surface area (Å²) in [5, 5.41) is 8.78. The summed E-state index contributed by atoms with van der Waals surface area (Å²) >= 11 is 5.88. The Morgan fingerprint density at radius 3 is 2.26 bits per heavy atom. The molecule has 0 spiro atoms. The van der Waals surface area contributed by atoms with Crippen molar-refractivity contribution in [3.05, 3.63) is 65.8 Å². The third-order valence-electron chi connectivity index (χ3n) is 2.73. The summed E-state index contributed by atoms with van der Waals surface area (Å²) in [6.07, 6.45) is 1.65. The Hall–Kier alpha value is -2.26. The Labute approximate surface area is 115 Å². The maximum atomic E-state index is 5.88. The highest BCUT2D eigenvalue weighted by Crippen LogP contribution is 2.21. The smallest absolute Gasteiger partial charge is 0.182 e. The van der Waals surface area contributed by atoms with Gasteiger partial charge in [0.25, 0.3) is 0 Å². The first-order valence-electron chi connectivity index (χ1n) is 5.84. The molecule has 0 bridgehead atoms. The molecule has 0 unspecified atom stereocenters. The molecule has 0 saturated heterocycles. The van der Waals surface area contributed by atoms with E-state index in [-0.39, 0.29) is 0 Å². The van der Waals surface area contributed by atoms with Gasteiger partial charge in [0, 0.05) is 16.1 Å². The maximum absolute atomic E-state index is 5.88. The molecule has 0 radical (unpaired) electrons. The second-order valence-corrected chi connectivity index (χ2v) is 4.47. The third-order valence-corrected chi connectivity index (χ3v) is 2.98. The van der Waals surface area contributed by atoms with Crippen molar-refractivity contribution in [2.24, 2.45) is 0 Å². The summed E-state index contributed by atoms with van der Waals surface area (Å²) in [7, 11) is 0. The zero-order valence-corrected chi connectivity index (χ0v) is 10.7. The minimum atomic E-state index is 0.619. The molecule has 3 rings (SSSR count). The van der Waals surface area contributed by atoms with Crippen molar-refractivity contribution in [2.45, 2.75) is 0 Å². The molecule has 0 aliphatic carbocycles. The number of hydrogen-bond donors (Lipinski definition) is 0. The van der Waals surface area contributed by atoms with Gasteiger partial charge in [-0.1, -0.05) is 54.1 Å². The summed E-state index contributed by atoms with van der Waals surface area (Å²) in [5.74, 6) is 0.619. The van der Waals surface area contributed by atoms with Crippen molar-refractivity contribution in [1.82, 2.24) is 15.2 Å². The lowest BCUT2D eigenvalue weighted by Crippen LogP contribution is -1.94. The third kappa shape index (κ3) is 2.61. The van der Waals surface area contributed by atoms with Gasteiger partial charge < -0.3 is 0 Å². The molecule has 3 aromatic rings. The van der Waals surface area contributed by atoms with E-state index in [0.717, 1.165) is 16.8 Å². The average Bonchev–Trinajstić information content (AvgIpc) is 2.49. The van der Waals surface area contributed by atoms with Crippen molar-refractivity contribution in [1.29, 1.82) is 0 Å². The molecule has 0 aliphatic heterocycles. The van der Waals surface area contributed by atoms with Gasteiger partial charge in [0.1, 0.15) is 0 Å². The first kappa shape index (κ1) is 11.8. The molecule has 19 heavy (non-hydrogen) atoms. The van der Waals surface area contributed by atoms with Crippen LogP contribution in [0, 0.1) is 0 Å². The van der Waals surface area contributed by atoms with Crippen molar-refractivity contribution >= 4 is 11.6 Å². The molecule has 0 fully saturated rings. The van der Waals surface area contributed by atoms with E-state index in [9.17, 15) is 0 Å². The van der Waals surface area contributed by atoms with Crippen molar-refractivity contribution in [3.63, 3.8) is 0 Å². The van der Waals surface area contributed by atoms with Gasteiger partial charge in [0.05, 0.1) is 11.9 Å². The largest absolute Gasteiger partial charge is 0.225 e. The van der Waals surface area contributed by atoms with Gasteiger partial charge in [-0.3, -0.25) is 0 Å². The Balaban J connectivity index is 2.03. The van der Waals surface area contributed by atoms with Crippen LogP contribution in [-0.2, 0) is 0 Å². The van der Waals surface area contributed by atoms with Crippen LogP contribution in [0.25, 0.3) is 22.6 Å². The molecule has 4 heteroatoms. The maximum Gasteiger partial charge on any atom is 0.182 e. The van der Waals surface area contributed by atoms with Crippen molar-refractivity contribution in [2.75, 3.05) is 0 Å². The molecule has 92 valence electrons. The average molecular weight is 268 g/mol. The van der Waals surface area contributed by atoms with E-state index in [1.54, 1.807) is 6.20 Å². The zero-order valence-electron chi connectivity index (χ0n) is 9.99. The van der Waals surface area contributed by atoms with E-state index in [0.29, 0.717) is 10.8 Å². The summed E-state index contributed by atoms with van der Waals surface area (Å²) in [6.45, 7) is 0. The van der Waals surface area contributed by atoms with E-state index in [1.165, 1.54) is 0 Å². The van der Waals surface area contributed by atoms with Crippen molar-refractivity contribution in [3.8, 4) is 22.6 Å². The van der Waals surface area contributed by atoms with Crippen LogP contribution in [0.2, 0.25) is 5.02 Å². The zero-order chi connectivity index (χ0) is 13.1. The van der Waals surface area contributed by atoms with Gasteiger partial charge in [0.2, 0.25) is 0 Å². The Morgan fingerprint density at radius 2 is 1.53 bits per heavy atom. The molecule has 0 atom stereocenters. The Kier molecular flexibility index (Phi) is 3.21. The van der Waals surface area contributed by atoms with Crippen LogP contribution in [-0.4, -0.2) is 15.2 Å². The number of hydrogen-bond acceptors (Lipinski definition) is 3. The molecule has 2 aromatic carbocycles. The molecule has 3 nitrogen and oxygen atoms in total. The number of nitrogens with zero attached hydrogens (tertiary/aromatic N) is 3. The molecule has 0 saturated carbocycles. The van der Waals surface area contributed by atoms with E-state index in [1.807, 2.05) is 54.6 Å². The highest BCUT2D eigenvalue weighted by Gasteiger charge is 2.05. The van der Waals surface area contributed by atoms with Crippen molar-refractivity contribution < 1.29 is 0 Å². The Morgan fingerprint density at radius 1 is 0.789 bits per heavy atom. The van der Waals surface area contributed by atoms with Gasteiger partial charge in [0.15, 0.2) is 5.82 Å². The van der Waals surface area contributed by atoms with Gasteiger partial charge in [-0.25, -0.2) is 4.98 Å². The minimum absolute atomic E-state index is 0.619. The predicted molar refractivity (Wildman–Crippen MR) is 75.7 cm³/mol. The van der Waals surface area contributed by atoms with Crippen LogP contribution in [0.4, 0.5) is 0 Å². The number of rotatable bonds is 2. The summed E-state index contributed by atoms with van der Waals surface area (Å²) in [4.78, 5) is 4.53. The first-order chi connectivity index (χ1) is 9.33. The van der Waals surface area contributed by atoms with E-state index >= 15 is 0 Å². The van der Waals surface area contributed by atoms with Crippen LogP contribution in [0.5, 0.6) is 0 Å². The minimum Gasteiger partial charge on any atom is -0.225 e. The van der Waals surface area contributed by atoms with Gasteiger partial charge in [-0.05, 0) is 12.1 Å². The highest BCUT2D eigenvalue weighted by atomic mass is 35.5. The van der Waals surface area contributed by atoms with Gasteiger partial charge >= 0.3 is 0 Å². The summed E-state index contributed by atoms with van der Waals surface area (Å²) in [6, 6.07) is 17.3. The molecule has 1 aromatic heterocycles. The SMILES string of the molecule is Clc1ccc(-c2cnnc(-c3ccccc3)n2)cc1. The second-order valence-electron chi connectivity index (χ2n) is 4.04. The van der Waals surface area contributed by atoms with E-state index in [4.69, 9.17) is 11.6 Å². The lowest BCUT2D eigenvalue weighted by molar-refractivity contribution is 0.984. The first-order valence-corrected chi connectivity index (χ1v) is 6.22. The monoisotopic (exact) mass is 267 g/mol. The quantitative estimate of drug-likeness (QED) is 0.708. The topological polar surface area (TPSA) is 38.7 Å². The van der Waals surface area contributed by atoms with Crippen LogP contribution >= 0.6 is 11.6 Å². The molecule has 1 heterocycles. The fraction of sp³-hybridized carbons (Fsp3) is 0. The van der Waals surface area contributed by atoms with Gasteiger partial charge in [-0.2, -0.15) is 5.10 Å². The van der Waals surface area contributed by atoms with Crippen LogP contribution in [0.1, 0.15) is 0 Å². The lowest BCUT2D eigenvalue weighted by atomic mass is 10.1. The van der Waals surface area contributed by atoms with E-state index in [2.05, 4.69) is 15.2 Å². The summed E-state index contributed by atoms with van der Waals surface area (Å²) in [5.41, 5.74) is 2.70. The summed E-state index contributed by atoms with van der Waals surface area (Å²) < 4.78 is 0. The van der Waals surface area contributed by atoms with E-state index < -0.39 is 0 Å². The van der Waals surface area contributed by atoms with Crippen LogP contribution in [0.3, 0.4) is 0 Å². The number of benzene rings is 2. The predicted octanol–water partition coefficient (Wildman–Crippen LogP) is 3.86. The van der Waals surface area contributed by atoms with Crippen LogP contribution in [0.15, 0.2) is 60.8 Å². The normalized spacial score (nSPS) is 10.4. The lowest BCUT2D eigenvalue weighted by Gasteiger charge is -2.03. The molecule has 0 amide bonds. The number of aromatic nitrogens is 3. The number of halogens is 1. The molecular weight excluding hydrogens is 258 g/mol. The second kappa shape index (κ2) is 5.16. The van der Waals surface area contributed by atoms with Gasteiger partial charge in [-0.15, -0.1) is 5.10 Å².